The van der Waals surface area contributed by atoms with Gasteiger partial charge in [-0.3, -0.25) is 0 Å². The summed E-state index contributed by atoms with van der Waals surface area (Å²) in [5.74, 6) is 0. The van der Waals surface area contributed by atoms with E-state index in [1.54, 1.807) is 0 Å². The number of halogens is 2. The highest BCUT2D eigenvalue weighted by Gasteiger charge is 2.17. The lowest BCUT2D eigenvalue weighted by Crippen LogP contribution is -2.29. The van der Waals surface area contributed by atoms with Crippen LogP contribution >= 0.6 is 35.0 Å². The summed E-state index contributed by atoms with van der Waals surface area (Å²) in [4.78, 5) is 1.03. The summed E-state index contributed by atoms with van der Waals surface area (Å²) in [6, 6.07) is 5.69. The second kappa shape index (κ2) is 5.44. The molecule has 2 rings (SSSR count). The minimum atomic E-state index is 0.642. The van der Waals surface area contributed by atoms with Crippen molar-refractivity contribution in [3.8, 4) is 0 Å². The molecular formula is C11H13Cl2NS. The normalized spacial score (nSPS) is 18.0. The molecule has 1 fully saturated rings. The molecule has 0 aromatic heterocycles. The first-order valence-corrected chi connectivity index (χ1v) is 6.72. The van der Waals surface area contributed by atoms with Crippen molar-refractivity contribution in [3.05, 3.63) is 28.2 Å². The van der Waals surface area contributed by atoms with Crippen LogP contribution in [0.25, 0.3) is 0 Å². The Morgan fingerprint density at radius 1 is 1.13 bits per heavy atom. The molecule has 0 unspecified atom stereocenters. The van der Waals surface area contributed by atoms with E-state index in [0.29, 0.717) is 5.25 Å². The highest BCUT2D eigenvalue weighted by molar-refractivity contribution is 8.00. The van der Waals surface area contributed by atoms with Crippen LogP contribution in [0.1, 0.15) is 12.8 Å². The predicted molar refractivity (Wildman–Crippen MR) is 68.2 cm³/mol. The van der Waals surface area contributed by atoms with Crippen molar-refractivity contribution in [2.75, 3.05) is 13.1 Å². The average Bonchev–Trinajstić information content (AvgIpc) is 2.25. The quantitative estimate of drug-likeness (QED) is 0.869. The average molecular weight is 262 g/mol. The number of benzene rings is 1. The van der Waals surface area contributed by atoms with Crippen molar-refractivity contribution in [3.63, 3.8) is 0 Å². The van der Waals surface area contributed by atoms with Gasteiger partial charge >= 0.3 is 0 Å². The van der Waals surface area contributed by atoms with Gasteiger partial charge in [0.05, 0.1) is 10.0 Å². The van der Waals surface area contributed by atoms with Gasteiger partial charge in [0, 0.05) is 10.1 Å². The molecule has 0 atom stereocenters. The van der Waals surface area contributed by atoms with Crippen LogP contribution < -0.4 is 5.32 Å². The van der Waals surface area contributed by atoms with Crippen molar-refractivity contribution in [2.24, 2.45) is 0 Å². The summed E-state index contributed by atoms with van der Waals surface area (Å²) in [6.45, 7) is 2.19. The number of hydrogen-bond donors (Lipinski definition) is 1. The maximum absolute atomic E-state index is 6.13. The molecule has 0 spiro atoms. The molecule has 1 aliphatic rings. The van der Waals surface area contributed by atoms with Gasteiger partial charge in [-0.1, -0.05) is 29.3 Å². The van der Waals surface area contributed by atoms with E-state index < -0.39 is 0 Å². The van der Waals surface area contributed by atoms with Gasteiger partial charge in [-0.05, 0) is 38.1 Å². The lowest BCUT2D eigenvalue weighted by Gasteiger charge is -2.22. The fourth-order valence-corrected chi connectivity index (χ4v) is 3.51. The topological polar surface area (TPSA) is 12.0 Å². The monoisotopic (exact) mass is 261 g/mol. The molecule has 0 amide bonds. The van der Waals surface area contributed by atoms with Gasteiger partial charge in [0.15, 0.2) is 0 Å². The van der Waals surface area contributed by atoms with Crippen LogP contribution in [0.5, 0.6) is 0 Å². The smallest absolute Gasteiger partial charge is 0.0557 e. The second-order valence-corrected chi connectivity index (χ2v) is 5.74. The van der Waals surface area contributed by atoms with Crippen LogP contribution in [0.4, 0.5) is 0 Å². The van der Waals surface area contributed by atoms with E-state index >= 15 is 0 Å². The highest BCUT2D eigenvalue weighted by atomic mass is 35.5. The predicted octanol–water partition coefficient (Wildman–Crippen LogP) is 3.84. The van der Waals surface area contributed by atoms with Gasteiger partial charge in [0.1, 0.15) is 0 Å². The third-order valence-electron chi connectivity index (χ3n) is 2.49. The molecule has 1 saturated heterocycles. The molecule has 1 aromatic rings. The van der Waals surface area contributed by atoms with E-state index in [-0.39, 0.29) is 0 Å². The summed E-state index contributed by atoms with van der Waals surface area (Å²) in [6.07, 6.45) is 2.37. The molecule has 0 aliphatic carbocycles. The molecular weight excluding hydrogens is 249 g/mol. The summed E-state index contributed by atoms with van der Waals surface area (Å²) < 4.78 is 0. The Morgan fingerprint density at radius 2 is 1.73 bits per heavy atom. The van der Waals surface area contributed by atoms with Crippen molar-refractivity contribution >= 4 is 35.0 Å². The highest BCUT2D eigenvalue weighted by Crippen LogP contribution is 2.38. The summed E-state index contributed by atoms with van der Waals surface area (Å²) in [5, 5.41) is 5.53. The minimum Gasteiger partial charge on any atom is -0.317 e. The first-order chi connectivity index (χ1) is 7.27. The molecule has 1 N–H and O–H groups in total. The van der Waals surface area contributed by atoms with Gasteiger partial charge < -0.3 is 5.32 Å². The van der Waals surface area contributed by atoms with Crippen LogP contribution in [0.15, 0.2) is 23.1 Å². The number of hydrogen-bond acceptors (Lipinski definition) is 2. The van der Waals surface area contributed by atoms with Gasteiger partial charge in [-0.15, -0.1) is 11.8 Å². The molecule has 1 aliphatic heterocycles. The van der Waals surface area contributed by atoms with Crippen LogP contribution in [0.3, 0.4) is 0 Å². The number of rotatable bonds is 2. The third-order valence-corrected chi connectivity index (χ3v) is 4.82. The van der Waals surface area contributed by atoms with Crippen LogP contribution in [0.2, 0.25) is 10.0 Å². The number of thioether (sulfide) groups is 1. The van der Waals surface area contributed by atoms with E-state index in [9.17, 15) is 0 Å². The molecule has 4 heteroatoms. The van der Waals surface area contributed by atoms with Crippen molar-refractivity contribution in [2.45, 2.75) is 23.0 Å². The van der Waals surface area contributed by atoms with Crippen LogP contribution in [0, 0.1) is 0 Å². The Bertz CT molecular complexity index is 317. The number of nitrogens with one attached hydrogen (secondary N) is 1. The Balaban J connectivity index is 2.09. The Labute approximate surface area is 105 Å². The largest absolute Gasteiger partial charge is 0.317 e. The van der Waals surface area contributed by atoms with Gasteiger partial charge in [0.25, 0.3) is 0 Å². The zero-order valence-corrected chi connectivity index (χ0v) is 10.6. The molecule has 1 nitrogen and oxygen atoms in total. The third kappa shape index (κ3) is 3.04. The van der Waals surface area contributed by atoms with Crippen molar-refractivity contribution in [1.29, 1.82) is 0 Å². The van der Waals surface area contributed by atoms with Gasteiger partial charge in [-0.25, -0.2) is 0 Å². The van der Waals surface area contributed by atoms with Gasteiger partial charge in [0.2, 0.25) is 0 Å². The van der Waals surface area contributed by atoms with E-state index in [2.05, 4.69) is 5.32 Å². The summed E-state index contributed by atoms with van der Waals surface area (Å²) in [7, 11) is 0. The Kier molecular flexibility index (Phi) is 4.21. The van der Waals surface area contributed by atoms with E-state index in [1.165, 1.54) is 12.8 Å². The van der Waals surface area contributed by atoms with E-state index in [4.69, 9.17) is 23.2 Å². The summed E-state index contributed by atoms with van der Waals surface area (Å²) in [5.41, 5.74) is 0. The minimum absolute atomic E-state index is 0.642. The molecule has 0 bridgehead atoms. The maximum atomic E-state index is 6.13. The van der Waals surface area contributed by atoms with Crippen molar-refractivity contribution in [1.82, 2.24) is 5.32 Å². The molecule has 15 heavy (non-hydrogen) atoms. The maximum Gasteiger partial charge on any atom is 0.0557 e. The zero-order chi connectivity index (χ0) is 10.7. The van der Waals surface area contributed by atoms with E-state index in [1.807, 2.05) is 30.0 Å². The van der Waals surface area contributed by atoms with Gasteiger partial charge in [-0.2, -0.15) is 0 Å². The standard InChI is InChI=1S/C11H13Cl2NS/c12-9-2-1-3-10(13)11(9)15-8-4-6-14-7-5-8/h1-3,8,14H,4-7H2. The van der Waals surface area contributed by atoms with Crippen molar-refractivity contribution < 1.29 is 0 Å². The Hall–Kier alpha value is 0.110. The lowest BCUT2D eigenvalue weighted by atomic mass is 10.2. The fraction of sp³-hybridized carbons (Fsp3) is 0.455. The van der Waals surface area contributed by atoms with Crippen LogP contribution in [-0.4, -0.2) is 18.3 Å². The summed E-state index contributed by atoms with van der Waals surface area (Å²) >= 11 is 14.1. The molecule has 1 heterocycles. The van der Waals surface area contributed by atoms with Crippen LogP contribution in [-0.2, 0) is 0 Å². The Morgan fingerprint density at radius 3 is 2.33 bits per heavy atom. The first-order valence-electron chi connectivity index (χ1n) is 5.09. The molecule has 82 valence electrons. The lowest BCUT2D eigenvalue weighted by molar-refractivity contribution is 0.531. The molecule has 1 aromatic carbocycles. The van der Waals surface area contributed by atoms with E-state index in [0.717, 1.165) is 28.0 Å². The molecule has 0 saturated carbocycles. The number of piperidine rings is 1. The first kappa shape index (κ1) is 11.6. The zero-order valence-electron chi connectivity index (χ0n) is 8.30. The SMILES string of the molecule is Clc1cccc(Cl)c1SC1CCNCC1. The molecule has 0 radical (unpaired) electrons. The second-order valence-electron chi connectivity index (χ2n) is 3.62. The fourth-order valence-electron chi connectivity index (χ4n) is 1.68.